The lowest BCUT2D eigenvalue weighted by Gasteiger charge is -2.29. The lowest BCUT2D eigenvalue weighted by atomic mass is 9.94. The number of rotatable bonds is 9. The summed E-state index contributed by atoms with van der Waals surface area (Å²) in [4.78, 5) is 24.3. The highest BCUT2D eigenvalue weighted by molar-refractivity contribution is 5.98. The topological polar surface area (TPSA) is 116 Å². The van der Waals surface area contributed by atoms with Crippen molar-refractivity contribution in [2.75, 3.05) is 13.2 Å². The second-order valence-corrected chi connectivity index (χ2v) is 7.34. The third kappa shape index (κ3) is 6.35. The molecule has 0 aromatic heterocycles. The Morgan fingerprint density at radius 3 is 2.10 bits per heavy atom. The number of hydrogen-bond donors (Lipinski definition) is 5. The normalized spacial score (nSPS) is 12.3. The number of halogens is 1. The molecule has 29 heavy (non-hydrogen) atoms. The van der Waals surface area contributed by atoms with Crippen molar-refractivity contribution in [3.8, 4) is 11.1 Å². The highest BCUT2D eigenvalue weighted by atomic mass is 19.1. The van der Waals surface area contributed by atoms with Gasteiger partial charge in [0.05, 0.1) is 0 Å². The molecule has 1 atom stereocenters. The molecule has 2 rings (SSSR count). The van der Waals surface area contributed by atoms with Crippen LogP contribution in [0.2, 0.25) is 0 Å². The smallest absolute Gasteiger partial charge is 0.267 e. The predicted molar refractivity (Wildman–Crippen MR) is 109 cm³/mol. The maximum absolute atomic E-state index is 12.5. The van der Waals surface area contributed by atoms with Crippen LogP contribution < -0.4 is 21.8 Å². The number of hydrogen-bond acceptors (Lipinski definition) is 5. The Balaban J connectivity index is 2.07. The lowest BCUT2D eigenvalue weighted by molar-refractivity contribution is -0.132. The van der Waals surface area contributed by atoms with Crippen LogP contribution in [0, 0.1) is 0 Å². The van der Waals surface area contributed by atoms with Gasteiger partial charge in [-0.15, -0.1) is 0 Å². The highest BCUT2D eigenvalue weighted by Crippen LogP contribution is 2.20. The molecule has 0 aliphatic carbocycles. The van der Waals surface area contributed by atoms with Crippen LogP contribution in [0.5, 0.6) is 0 Å². The number of carbonyl (C=O) groups is 2. The summed E-state index contributed by atoms with van der Waals surface area (Å²) < 4.78 is 12.1. The molecule has 2 amide bonds. The summed E-state index contributed by atoms with van der Waals surface area (Å²) in [6.07, 6.45) is 0. The van der Waals surface area contributed by atoms with Crippen LogP contribution in [0.1, 0.15) is 29.8 Å². The Labute approximate surface area is 169 Å². The number of benzene rings is 2. The fraction of sp³-hybridized carbons (Fsp3) is 0.333. The number of carbonyl (C=O) groups excluding carboxylic acids is 2. The third-order valence-corrected chi connectivity index (χ3v) is 4.43. The van der Waals surface area contributed by atoms with E-state index in [2.05, 4.69) is 10.6 Å². The van der Waals surface area contributed by atoms with Crippen LogP contribution in [0.4, 0.5) is 4.39 Å². The molecule has 0 aliphatic heterocycles. The molecular weight excluding hydrogens is 375 g/mol. The fourth-order valence-electron chi connectivity index (χ4n) is 2.80. The minimum absolute atomic E-state index is 0.327. The summed E-state index contributed by atoms with van der Waals surface area (Å²) in [6.45, 7) is 3.68. The second-order valence-electron chi connectivity index (χ2n) is 7.34. The van der Waals surface area contributed by atoms with Gasteiger partial charge < -0.3 is 16.4 Å². The molecule has 8 heteroatoms. The van der Waals surface area contributed by atoms with Gasteiger partial charge >= 0.3 is 0 Å². The van der Waals surface area contributed by atoms with Crippen LogP contribution in [-0.2, 0) is 11.3 Å². The number of nitrogens with one attached hydrogen (secondary N) is 3. The van der Waals surface area contributed by atoms with E-state index in [4.69, 9.17) is 10.9 Å². The van der Waals surface area contributed by atoms with E-state index in [-0.39, 0.29) is 0 Å². The van der Waals surface area contributed by atoms with Crippen LogP contribution >= 0.6 is 0 Å². The maximum Gasteiger partial charge on any atom is 0.267 e. The zero-order chi connectivity index (χ0) is 21.4. The zero-order valence-electron chi connectivity index (χ0n) is 16.5. The molecule has 0 saturated carbocycles. The van der Waals surface area contributed by atoms with Crippen LogP contribution in [-0.4, -0.2) is 41.8 Å². The van der Waals surface area contributed by atoms with Gasteiger partial charge in [-0.2, -0.15) is 0 Å². The van der Waals surface area contributed by atoms with Gasteiger partial charge in [0.15, 0.2) is 0 Å². The van der Waals surface area contributed by atoms with Crippen molar-refractivity contribution in [3.63, 3.8) is 0 Å². The Bertz CT molecular complexity index is 817. The van der Waals surface area contributed by atoms with Crippen molar-refractivity contribution in [1.82, 2.24) is 16.1 Å². The molecule has 0 aliphatic rings. The summed E-state index contributed by atoms with van der Waals surface area (Å²) >= 11 is 0. The maximum atomic E-state index is 12.5. The summed E-state index contributed by atoms with van der Waals surface area (Å²) in [5.41, 5.74) is 9.70. The monoisotopic (exact) mass is 402 g/mol. The van der Waals surface area contributed by atoms with Crippen molar-refractivity contribution in [2.24, 2.45) is 5.73 Å². The van der Waals surface area contributed by atoms with E-state index in [1.54, 1.807) is 38.1 Å². The van der Waals surface area contributed by atoms with Crippen LogP contribution in [0.3, 0.4) is 0 Å². The Morgan fingerprint density at radius 1 is 1.07 bits per heavy atom. The molecule has 1 unspecified atom stereocenters. The van der Waals surface area contributed by atoms with Crippen molar-refractivity contribution < 1.29 is 19.2 Å². The Hall–Kier alpha value is -2.81. The minimum Gasteiger partial charge on any atom is -0.338 e. The van der Waals surface area contributed by atoms with Gasteiger partial charge in [-0.05, 0) is 42.7 Å². The highest BCUT2D eigenvalue weighted by Gasteiger charge is 2.33. The van der Waals surface area contributed by atoms with Crippen molar-refractivity contribution in [2.45, 2.75) is 32.0 Å². The first-order valence-corrected chi connectivity index (χ1v) is 9.26. The predicted octanol–water partition coefficient (Wildman–Crippen LogP) is 1.75. The molecule has 7 nitrogen and oxygen atoms in total. The Kier molecular flexibility index (Phi) is 7.83. The largest absolute Gasteiger partial charge is 0.338 e. The molecule has 0 fully saturated rings. The molecule has 0 heterocycles. The molecule has 0 saturated heterocycles. The van der Waals surface area contributed by atoms with Gasteiger partial charge in [-0.25, -0.2) is 9.87 Å². The molecule has 156 valence electrons. The minimum atomic E-state index is -1.10. The van der Waals surface area contributed by atoms with Crippen LogP contribution in [0.25, 0.3) is 11.1 Å². The summed E-state index contributed by atoms with van der Waals surface area (Å²) in [5, 5.41) is 14.4. The van der Waals surface area contributed by atoms with Gasteiger partial charge in [0, 0.05) is 24.2 Å². The first-order valence-electron chi connectivity index (χ1n) is 9.26. The van der Waals surface area contributed by atoms with E-state index in [0.717, 1.165) is 16.7 Å². The molecule has 0 radical (unpaired) electrons. The first kappa shape index (κ1) is 22.5. The summed E-state index contributed by atoms with van der Waals surface area (Å²) in [6, 6.07) is 13.7. The number of hydroxylamine groups is 1. The SMILES string of the molecule is CC(C)(N)C(NC(=O)c1ccc(-c2ccc(CNCCF)cc2)cc1)C(=O)NO. The van der Waals surface area contributed by atoms with E-state index < -0.39 is 30.1 Å². The first-order chi connectivity index (χ1) is 13.8. The number of nitrogens with two attached hydrogens (primary N) is 1. The van der Waals surface area contributed by atoms with Crippen LogP contribution in [0.15, 0.2) is 48.5 Å². The number of amides is 2. The van der Waals surface area contributed by atoms with Gasteiger partial charge in [0.2, 0.25) is 0 Å². The summed E-state index contributed by atoms with van der Waals surface area (Å²) in [7, 11) is 0. The molecule has 2 aromatic carbocycles. The van der Waals surface area contributed by atoms with E-state index >= 15 is 0 Å². The van der Waals surface area contributed by atoms with Crippen molar-refractivity contribution >= 4 is 11.8 Å². The average molecular weight is 402 g/mol. The van der Waals surface area contributed by atoms with E-state index in [9.17, 15) is 14.0 Å². The van der Waals surface area contributed by atoms with E-state index in [1.807, 2.05) is 24.3 Å². The standard InChI is InChI=1S/C21H27FN4O3/c1-21(2,23)18(20(28)26-29)25-19(27)17-9-7-16(8-10-17)15-5-3-14(4-6-15)13-24-12-11-22/h3-10,18,24,29H,11-13,23H2,1-2H3,(H,25,27)(H,26,28). The molecule has 2 aromatic rings. The fourth-order valence-corrected chi connectivity index (χ4v) is 2.80. The second kappa shape index (κ2) is 10.1. The zero-order valence-corrected chi connectivity index (χ0v) is 16.5. The molecule has 0 spiro atoms. The van der Waals surface area contributed by atoms with Gasteiger partial charge in [0.25, 0.3) is 11.8 Å². The molecule has 6 N–H and O–H groups in total. The van der Waals surface area contributed by atoms with E-state index in [1.165, 1.54) is 5.48 Å². The van der Waals surface area contributed by atoms with Crippen molar-refractivity contribution in [1.29, 1.82) is 0 Å². The van der Waals surface area contributed by atoms with Crippen molar-refractivity contribution in [3.05, 3.63) is 59.7 Å². The summed E-state index contributed by atoms with van der Waals surface area (Å²) in [5.74, 6) is -1.26. The van der Waals surface area contributed by atoms with Gasteiger partial charge in [-0.3, -0.25) is 14.8 Å². The molecule has 0 bridgehead atoms. The third-order valence-electron chi connectivity index (χ3n) is 4.43. The molecular formula is C21H27FN4O3. The lowest BCUT2D eigenvalue weighted by Crippen LogP contribution is -2.61. The number of alkyl halides is 1. The van der Waals surface area contributed by atoms with Gasteiger partial charge in [0.1, 0.15) is 12.7 Å². The average Bonchev–Trinajstić information content (AvgIpc) is 2.71. The Morgan fingerprint density at radius 2 is 1.62 bits per heavy atom. The quantitative estimate of drug-likeness (QED) is 0.249. The van der Waals surface area contributed by atoms with Gasteiger partial charge in [-0.1, -0.05) is 36.4 Å². The van der Waals surface area contributed by atoms with E-state index in [0.29, 0.717) is 18.7 Å².